The molecular weight excluding hydrogens is 236 g/mol. The topological polar surface area (TPSA) is 29.5 Å². The summed E-state index contributed by atoms with van der Waals surface area (Å²) < 4.78 is 6.28. The van der Waals surface area contributed by atoms with Gasteiger partial charge in [-0.3, -0.25) is 0 Å². The molecule has 0 aliphatic heterocycles. The number of rotatable bonds is 5. The molecule has 4 atom stereocenters. The van der Waals surface area contributed by atoms with E-state index in [-0.39, 0.29) is 5.60 Å². The van der Waals surface area contributed by atoms with Gasteiger partial charge in [0.15, 0.2) is 5.79 Å². The molecule has 1 rings (SSSR count). The van der Waals surface area contributed by atoms with Crippen LogP contribution in [-0.2, 0) is 4.74 Å². The van der Waals surface area contributed by atoms with Gasteiger partial charge in [0.25, 0.3) is 0 Å². The Morgan fingerprint density at radius 1 is 1.47 bits per heavy atom. The lowest BCUT2D eigenvalue weighted by atomic mass is 9.65. The summed E-state index contributed by atoms with van der Waals surface area (Å²) in [6, 6.07) is 0. The lowest BCUT2D eigenvalue weighted by Crippen LogP contribution is -2.52. The van der Waals surface area contributed by atoms with Crippen LogP contribution in [0.2, 0.25) is 0 Å². The number of ether oxygens (including phenoxy) is 1. The van der Waals surface area contributed by atoms with Crippen LogP contribution in [0, 0.1) is 17.8 Å². The maximum absolute atomic E-state index is 10.5. The molecule has 0 aromatic carbocycles. The van der Waals surface area contributed by atoms with Crippen LogP contribution in [0.5, 0.6) is 0 Å². The first kappa shape index (κ1) is 16.7. The van der Waals surface area contributed by atoms with E-state index in [2.05, 4.69) is 34.3 Å². The van der Waals surface area contributed by atoms with Crippen molar-refractivity contribution in [1.29, 1.82) is 0 Å². The molecule has 1 aliphatic rings. The summed E-state index contributed by atoms with van der Waals surface area (Å²) in [4.78, 5) is 0. The lowest BCUT2D eigenvalue weighted by molar-refractivity contribution is -0.268. The van der Waals surface area contributed by atoms with Crippen molar-refractivity contribution in [2.75, 3.05) is 0 Å². The van der Waals surface area contributed by atoms with Gasteiger partial charge in [0.2, 0.25) is 0 Å². The normalized spacial score (nSPS) is 35.2. The van der Waals surface area contributed by atoms with Crippen molar-refractivity contribution in [3.8, 4) is 0 Å². The molecule has 0 bridgehead atoms. The van der Waals surface area contributed by atoms with E-state index < -0.39 is 5.79 Å². The van der Waals surface area contributed by atoms with Gasteiger partial charge in [-0.25, -0.2) is 0 Å². The molecule has 4 unspecified atom stereocenters. The zero-order chi connectivity index (χ0) is 14.8. The number of aliphatic hydroxyl groups is 1. The van der Waals surface area contributed by atoms with Gasteiger partial charge in [0, 0.05) is 0 Å². The highest BCUT2D eigenvalue weighted by Crippen LogP contribution is 2.47. The molecule has 1 aliphatic carbocycles. The first-order valence-electron chi connectivity index (χ1n) is 7.73. The molecule has 0 radical (unpaired) electrons. The van der Waals surface area contributed by atoms with Gasteiger partial charge in [-0.2, -0.15) is 0 Å². The van der Waals surface area contributed by atoms with Gasteiger partial charge < -0.3 is 9.84 Å². The van der Waals surface area contributed by atoms with Gasteiger partial charge in [-0.1, -0.05) is 40.7 Å². The molecule has 0 heterocycles. The SMILES string of the molecule is C=C(C)C(C)(O)OC1(CC)CC(C)CCC1C(C)C. The van der Waals surface area contributed by atoms with Crippen LogP contribution in [0.4, 0.5) is 0 Å². The van der Waals surface area contributed by atoms with E-state index in [1.54, 1.807) is 6.92 Å². The van der Waals surface area contributed by atoms with Crippen LogP contribution in [0.25, 0.3) is 0 Å². The Bertz CT molecular complexity index is 319. The van der Waals surface area contributed by atoms with Crippen LogP contribution in [0.1, 0.15) is 67.2 Å². The Morgan fingerprint density at radius 3 is 2.47 bits per heavy atom. The monoisotopic (exact) mass is 268 g/mol. The van der Waals surface area contributed by atoms with Crippen LogP contribution >= 0.6 is 0 Å². The fraction of sp³-hybridized carbons (Fsp3) is 0.882. The molecule has 2 nitrogen and oxygen atoms in total. The van der Waals surface area contributed by atoms with E-state index >= 15 is 0 Å². The maximum atomic E-state index is 10.5. The predicted molar refractivity (Wildman–Crippen MR) is 80.9 cm³/mol. The fourth-order valence-corrected chi connectivity index (χ4v) is 3.59. The van der Waals surface area contributed by atoms with E-state index in [9.17, 15) is 5.11 Å². The van der Waals surface area contributed by atoms with E-state index in [1.165, 1.54) is 12.8 Å². The molecule has 1 N–H and O–H groups in total. The standard InChI is InChI=1S/C17H32O2/c1-8-17(19-16(7,18)13(4)5)11-14(6)9-10-15(17)12(2)3/h12,14-15,18H,4,8-11H2,1-3,5-7H3. The number of hydrogen-bond acceptors (Lipinski definition) is 2. The molecule has 0 amide bonds. The molecular formula is C17H32O2. The molecule has 112 valence electrons. The summed E-state index contributed by atoms with van der Waals surface area (Å²) in [6.45, 7) is 16.4. The van der Waals surface area contributed by atoms with E-state index in [0.29, 0.717) is 23.3 Å². The van der Waals surface area contributed by atoms with Gasteiger partial charge in [-0.15, -0.1) is 0 Å². The Balaban J connectivity index is 3.05. The third kappa shape index (κ3) is 3.61. The minimum atomic E-state index is -1.22. The van der Waals surface area contributed by atoms with Crippen molar-refractivity contribution in [3.05, 3.63) is 12.2 Å². The second-order valence-corrected chi connectivity index (χ2v) is 7.02. The van der Waals surface area contributed by atoms with Crippen molar-refractivity contribution in [2.45, 2.75) is 78.6 Å². The summed E-state index contributed by atoms with van der Waals surface area (Å²) >= 11 is 0. The van der Waals surface area contributed by atoms with Crippen LogP contribution < -0.4 is 0 Å². The fourth-order valence-electron chi connectivity index (χ4n) is 3.59. The van der Waals surface area contributed by atoms with Gasteiger partial charge in [0.05, 0.1) is 5.60 Å². The smallest absolute Gasteiger partial charge is 0.185 e. The second-order valence-electron chi connectivity index (χ2n) is 7.02. The summed E-state index contributed by atoms with van der Waals surface area (Å²) in [5.74, 6) is 0.531. The highest BCUT2D eigenvalue weighted by atomic mass is 16.6. The molecule has 0 spiro atoms. The highest BCUT2D eigenvalue weighted by molar-refractivity contribution is 5.05. The van der Waals surface area contributed by atoms with E-state index in [1.807, 2.05) is 6.92 Å². The maximum Gasteiger partial charge on any atom is 0.185 e. The lowest BCUT2D eigenvalue weighted by Gasteiger charge is -2.50. The Morgan fingerprint density at radius 2 is 2.05 bits per heavy atom. The summed E-state index contributed by atoms with van der Waals surface area (Å²) in [7, 11) is 0. The number of hydrogen-bond donors (Lipinski definition) is 1. The molecule has 1 saturated carbocycles. The third-order valence-corrected chi connectivity index (χ3v) is 4.94. The summed E-state index contributed by atoms with van der Waals surface area (Å²) in [5.41, 5.74) is 0.468. The molecule has 0 aromatic rings. The van der Waals surface area contributed by atoms with E-state index in [0.717, 1.165) is 12.8 Å². The quantitative estimate of drug-likeness (QED) is 0.586. The average Bonchev–Trinajstić information content (AvgIpc) is 2.27. The largest absolute Gasteiger partial charge is 0.362 e. The Kier molecular flexibility index (Phi) is 5.25. The first-order valence-corrected chi connectivity index (χ1v) is 7.73. The van der Waals surface area contributed by atoms with Crippen LogP contribution in [-0.4, -0.2) is 16.5 Å². The van der Waals surface area contributed by atoms with Crippen LogP contribution in [0.3, 0.4) is 0 Å². The Labute approximate surface area is 119 Å². The second kappa shape index (κ2) is 5.97. The Hall–Kier alpha value is -0.340. The molecule has 0 saturated heterocycles. The van der Waals surface area contributed by atoms with Crippen LogP contribution in [0.15, 0.2) is 12.2 Å². The molecule has 19 heavy (non-hydrogen) atoms. The first-order chi connectivity index (χ1) is 8.64. The van der Waals surface area contributed by atoms with Crippen molar-refractivity contribution >= 4 is 0 Å². The minimum absolute atomic E-state index is 0.214. The molecule has 2 heteroatoms. The average molecular weight is 268 g/mol. The summed E-state index contributed by atoms with van der Waals surface area (Å²) in [5, 5.41) is 10.5. The molecule has 1 fully saturated rings. The highest BCUT2D eigenvalue weighted by Gasteiger charge is 2.47. The van der Waals surface area contributed by atoms with Crippen molar-refractivity contribution < 1.29 is 9.84 Å². The van der Waals surface area contributed by atoms with Gasteiger partial charge >= 0.3 is 0 Å². The molecule has 0 aromatic heterocycles. The van der Waals surface area contributed by atoms with Gasteiger partial charge in [0.1, 0.15) is 0 Å². The predicted octanol–water partition coefficient (Wildman–Crippen LogP) is 4.53. The zero-order valence-electron chi connectivity index (χ0n) is 13.6. The van der Waals surface area contributed by atoms with Gasteiger partial charge in [-0.05, 0) is 56.4 Å². The van der Waals surface area contributed by atoms with Crippen molar-refractivity contribution in [3.63, 3.8) is 0 Å². The van der Waals surface area contributed by atoms with E-state index in [4.69, 9.17) is 4.74 Å². The van der Waals surface area contributed by atoms with Crippen molar-refractivity contribution in [1.82, 2.24) is 0 Å². The zero-order valence-corrected chi connectivity index (χ0v) is 13.6. The summed E-state index contributed by atoms with van der Waals surface area (Å²) in [6.07, 6.45) is 4.45. The third-order valence-electron chi connectivity index (χ3n) is 4.94. The van der Waals surface area contributed by atoms with Crippen molar-refractivity contribution in [2.24, 2.45) is 17.8 Å². The minimum Gasteiger partial charge on any atom is -0.362 e.